The number of unbranched alkanes of at least 4 members (excludes halogenated alkanes) is 8. The molecule has 0 saturated carbocycles. The number of carboxylic acid groups (broad SMARTS) is 1. The van der Waals surface area contributed by atoms with Crippen LogP contribution in [0.25, 0.3) is 0 Å². The van der Waals surface area contributed by atoms with Crippen molar-refractivity contribution in [3.05, 3.63) is 24.3 Å². The third kappa shape index (κ3) is 19.5. The van der Waals surface area contributed by atoms with Crippen molar-refractivity contribution < 1.29 is 68.4 Å². The molecule has 1 N–H and O–H groups in total. The molecule has 10 heteroatoms. The second kappa shape index (κ2) is 22.5. The Morgan fingerprint density at radius 1 is 1.00 bits per heavy atom. The molecule has 0 aliphatic heterocycles. The number of ether oxygens (including phenoxy) is 2. The van der Waals surface area contributed by atoms with Crippen LogP contribution in [0.1, 0.15) is 78.1 Å². The van der Waals surface area contributed by atoms with Crippen molar-refractivity contribution in [1.29, 1.82) is 0 Å². The first-order valence-corrected chi connectivity index (χ1v) is 12.4. The van der Waals surface area contributed by atoms with Crippen LogP contribution in [-0.4, -0.2) is 66.7 Å². The summed E-state index contributed by atoms with van der Waals surface area (Å²) in [6, 6.07) is 0. The zero-order chi connectivity index (χ0) is 26.6. The van der Waals surface area contributed by atoms with Gasteiger partial charge in [0.1, 0.15) is 19.3 Å². The molecule has 9 nitrogen and oxygen atoms in total. The van der Waals surface area contributed by atoms with Gasteiger partial charge in [0.25, 0.3) is 0 Å². The van der Waals surface area contributed by atoms with Gasteiger partial charge in [0, 0.05) is 12.6 Å². The summed E-state index contributed by atoms with van der Waals surface area (Å²) < 4.78 is 9.79. The molecule has 0 aromatic carbocycles. The van der Waals surface area contributed by atoms with Crippen LogP contribution in [0.5, 0.6) is 0 Å². The van der Waals surface area contributed by atoms with E-state index in [1.54, 1.807) is 6.08 Å². The number of aliphatic carboxylic acids is 1. The zero-order valence-electron chi connectivity index (χ0n) is 22.5. The number of carbonyl (C=O) groups is 4. The van der Waals surface area contributed by atoms with Crippen LogP contribution < -0.4 is 34.7 Å². The van der Waals surface area contributed by atoms with E-state index in [1.807, 2.05) is 6.08 Å². The van der Waals surface area contributed by atoms with Gasteiger partial charge in [-0.2, -0.15) is 0 Å². The monoisotopic (exact) mass is 519 g/mol. The standard InChI is InChI=1S/C26H43NO8.Na/c1-5-6-7-8-9-10-11-12-13-14-15-21(25(32)27(4)17-23(29)30)16-24(31)34-18-22(28)19-35-26(33)20(2)3;/h14-15,21-22,28H,2,5-13,16-19H2,1,3-4H3,(H,29,30);/q;+1/p-1/b15-14+;. The molecule has 2 atom stereocenters. The number of rotatable bonds is 20. The fraction of sp³-hybridized carbons (Fsp3) is 0.692. The predicted molar refractivity (Wildman–Crippen MR) is 130 cm³/mol. The Morgan fingerprint density at radius 2 is 1.56 bits per heavy atom. The number of hydrogen-bond acceptors (Lipinski definition) is 8. The number of carboxylic acids is 1. The van der Waals surface area contributed by atoms with Gasteiger partial charge in [0.15, 0.2) is 0 Å². The number of hydrogen-bond donors (Lipinski definition) is 1. The summed E-state index contributed by atoms with van der Waals surface area (Å²) in [6.45, 7) is 5.70. The van der Waals surface area contributed by atoms with Gasteiger partial charge >= 0.3 is 41.5 Å². The smallest absolute Gasteiger partial charge is 0.548 e. The van der Waals surface area contributed by atoms with Crippen LogP contribution in [0.4, 0.5) is 0 Å². The molecular formula is C26H42NNaO8. The maximum absolute atomic E-state index is 12.6. The Labute approximate surface area is 237 Å². The van der Waals surface area contributed by atoms with Gasteiger partial charge in [-0.3, -0.25) is 9.59 Å². The van der Waals surface area contributed by atoms with Crippen LogP contribution in [0.2, 0.25) is 0 Å². The number of allylic oxidation sites excluding steroid dienone is 1. The number of likely N-dealkylation sites (N-methyl/N-ethyl adjacent to an activating group) is 1. The molecule has 0 rings (SSSR count). The molecule has 200 valence electrons. The maximum atomic E-state index is 12.6. The molecule has 1 amide bonds. The molecule has 0 heterocycles. The molecule has 0 fully saturated rings. The van der Waals surface area contributed by atoms with E-state index >= 15 is 0 Å². The number of nitrogens with zero attached hydrogens (tertiary/aromatic N) is 1. The second-order valence-corrected chi connectivity index (χ2v) is 8.78. The van der Waals surface area contributed by atoms with Gasteiger partial charge in [-0.05, 0) is 19.8 Å². The van der Waals surface area contributed by atoms with Crippen molar-refractivity contribution in [3.63, 3.8) is 0 Å². The summed E-state index contributed by atoms with van der Waals surface area (Å²) in [6.07, 6.45) is 12.0. The molecule has 0 bridgehead atoms. The first kappa shape index (κ1) is 36.5. The normalized spacial score (nSPS) is 12.3. The fourth-order valence-corrected chi connectivity index (χ4v) is 3.22. The second-order valence-electron chi connectivity index (χ2n) is 8.78. The summed E-state index contributed by atoms with van der Waals surface area (Å²) in [5, 5.41) is 20.7. The largest absolute Gasteiger partial charge is 1.00 e. The number of aliphatic hydroxyl groups is 1. The molecule has 0 aromatic rings. The third-order valence-electron chi connectivity index (χ3n) is 5.23. The van der Waals surface area contributed by atoms with E-state index in [-0.39, 0.29) is 48.2 Å². The van der Waals surface area contributed by atoms with Gasteiger partial charge < -0.3 is 29.4 Å². The zero-order valence-corrected chi connectivity index (χ0v) is 24.5. The van der Waals surface area contributed by atoms with Crippen molar-refractivity contribution in [2.45, 2.75) is 84.2 Å². The topological polar surface area (TPSA) is 133 Å². The molecule has 0 spiro atoms. The quantitative estimate of drug-likeness (QED) is 0.0735. The molecule has 0 aromatic heterocycles. The van der Waals surface area contributed by atoms with E-state index in [0.29, 0.717) is 0 Å². The average Bonchev–Trinajstić information content (AvgIpc) is 2.80. The fourth-order valence-electron chi connectivity index (χ4n) is 3.22. The minimum absolute atomic E-state index is 0. The maximum Gasteiger partial charge on any atom is 1.00 e. The molecular weight excluding hydrogens is 477 g/mol. The van der Waals surface area contributed by atoms with E-state index in [0.717, 1.165) is 30.6 Å². The summed E-state index contributed by atoms with van der Waals surface area (Å²) in [4.78, 5) is 48.1. The SMILES string of the molecule is C=C(C)C(=O)OCC(O)COC(=O)CC(/C=C/CCCCCCCCCC)C(=O)N(C)CC(=O)[O-].[Na+]. The van der Waals surface area contributed by atoms with Crippen LogP contribution >= 0.6 is 0 Å². The van der Waals surface area contributed by atoms with Crippen molar-refractivity contribution in [1.82, 2.24) is 4.90 Å². The Balaban J connectivity index is 0. The number of amides is 1. The van der Waals surface area contributed by atoms with Crippen molar-refractivity contribution in [2.24, 2.45) is 5.92 Å². The van der Waals surface area contributed by atoms with Gasteiger partial charge in [-0.25, -0.2) is 4.79 Å². The Hall–Kier alpha value is -1.68. The van der Waals surface area contributed by atoms with Crippen LogP contribution in [-0.2, 0) is 28.7 Å². The van der Waals surface area contributed by atoms with E-state index in [9.17, 15) is 29.4 Å². The Kier molecular flexibility index (Phi) is 22.8. The van der Waals surface area contributed by atoms with Gasteiger partial charge in [0.05, 0.1) is 24.9 Å². The number of aliphatic hydroxyl groups excluding tert-OH is 1. The van der Waals surface area contributed by atoms with Gasteiger partial charge in [0.2, 0.25) is 5.91 Å². The van der Waals surface area contributed by atoms with Crippen LogP contribution in [0, 0.1) is 5.92 Å². The Bertz CT molecular complexity index is 710. The van der Waals surface area contributed by atoms with Crippen LogP contribution in [0.15, 0.2) is 24.3 Å². The average molecular weight is 520 g/mol. The molecule has 0 aliphatic carbocycles. The molecule has 36 heavy (non-hydrogen) atoms. The van der Waals surface area contributed by atoms with Gasteiger partial charge in [-0.15, -0.1) is 0 Å². The number of carbonyl (C=O) groups excluding carboxylic acids is 4. The van der Waals surface area contributed by atoms with Crippen molar-refractivity contribution in [3.8, 4) is 0 Å². The van der Waals surface area contributed by atoms with E-state index in [2.05, 4.69) is 13.5 Å². The van der Waals surface area contributed by atoms with E-state index < -0.39 is 49.0 Å². The van der Waals surface area contributed by atoms with Gasteiger partial charge in [-0.1, -0.05) is 70.6 Å². The van der Waals surface area contributed by atoms with Crippen LogP contribution in [0.3, 0.4) is 0 Å². The predicted octanol–water partition coefficient (Wildman–Crippen LogP) is -0.685. The summed E-state index contributed by atoms with van der Waals surface area (Å²) in [7, 11) is 1.32. The summed E-state index contributed by atoms with van der Waals surface area (Å²) in [5.41, 5.74) is 0.176. The third-order valence-corrected chi connectivity index (χ3v) is 5.23. The minimum atomic E-state index is -1.41. The molecule has 0 saturated heterocycles. The first-order chi connectivity index (χ1) is 16.6. The Morgan fingerprint density at radius 3 is 2.11 bits per heavy atom. The summed E-state index contributed by atoms with van der Waals surface area (Å²) in [5.74, 6) is -4.27. The van der Waals surface area contributed by atoms with Crippen molar-refractivity contribution >= 4 is 23.8 Å². The van der Waals surface area contributed by atoms with Crippen molar-refractivity contribution in [2.75, 3.05) is 26.8 Å². The summed E-state index contributed by atoms with van der Waals surface area (Å²) >= 11 is 0. The molecule has 2 unspecified atom stereocenters. The first-order valence-electron chi connectivity index (χ1n) is 12.4. The molecule has 0 aliphatic rings. The number of esters is 2. The molecule has 0 radical (unpaired) electrons. The van der Waals surface area contributed by atoms with E-state index in [1.165, 1.54) is 46.1 Å². The van der Waals surface area contributed by atoms with E-state index in [4.69, 9.17) is 9.47 Å². The minimum Gasteiger partial charge on any atom is -0.548 e.